The summed E-state index contributed by atoms with van der Waals surface area (Å²) in [7, 11) is -4.37. The standard InChI is InChI=1S/C45H45F3N8O7S/c46-30-13-14-55(24-30)64(62,63)52-37-10-9-36(47)40(41(37)48)42(59)35-22-50-43-34(35)20-28(21-49-43)27-3-5-31(6-4-27)54-17-15-53(16-18-54)25-32(57)7-1-26-2-8-33-29(19-26)23-56(45(33)61)38-11-12-39(58)51-44(38)60/h2-6,8-10,19-22,30,32,38,52,57H,1,7,11-18,23-25H2,(H,49,50)(H,51,58,60)/t30-,32+,38?/m1/s1. The van der Waals surface area contributed by atoms with E-state index in [9.17, 15) is 37.1 Å². The number of aromatic amines is 1. The highest BCUT2D eigenvalue weighted by molar-refractivity contribution is 7.90. The van der Waals surface area contributed by atoms with E-state index in [0.717, 1.165) is 65.0 Å². The van der Waals surface area contributed by atoms with Crippen LogP contribution in [0.4, 0.5) is 24.5 Å². The second-order valence-electron chi connectivity index (χ2n) is 16.7. The number of aliphatic hydroxyl groups is 1. The fraction of sp³-hybridized carbons (Fsp3) is 0.356. The second kappa shape index (κ2) is 17.4. The van der Waals surface area contributed by atoms with Gasteiger partial charge in [0.25, 0.3) is 5.91 Å². The number of aryl methyl sites for hydroxylation is 1. The maximum atomic E-state index is 15.7. The van der Waals surface area contributed by atoms with Gasteiger partial charge >= 0.3 is 10.2 Å². The molecule has 5 aromatic rings. The highest BCUT2D eigenvalue weighted by Crippen LogP contribution is 2.32. The van der Waals surface area contributed by atoms with Crippen molar-refractivity contribution < 1.29 is 45.9 Å². The van der Waals surface area contributed by atoms with Crippen molar-refractivity contribution in [2.24, 2.45) is 0 Å². The van der Waals surface area contributed by atoms with Gasteiger partial charge in [0.05, 0.1) is 17.4 Å². The number of ketones is 1. The number of H-pyrrole nitrogens is 1. The highest BCUT2D eigenvalue weighted by Gasteiger charge is 2.39. The number of aliphatic hydroxyl groups excluding tert-OH is 1. The zero-order valence-electron chi connectivity index (χ0n) is 34.5. The van der Waals surface area contributed by atoms with Crippen molar-refractivity contribution in [2.75, 3.05) is 55.4 Å². The van der Waals surface area contributed by atoms with E-state index in [2.05, 4.69) is 25.1 Å². The minimum atomic E-state index is -4.37. The van der Waals surface area contributed by atoms with Gasteiger partial charge in [-0.2, -0.15) is 12.7 Å². The number of rotatable bonds is 13. The predicted molar refractivity (Wildman–Crippen MR) is 230 cm³/mol. The smallest absolute Gasteiger partial charge is 0.301 e. The minimum Gasteiger partial charge on any atom is -0.392 e. The van der Waals surface area contributed by atoms with Gasteiger partial charge in [-0.3, -0.25) is 34.1 Å². The summed E-state index contributed by atoms with van der Waals surface area (Å²) >= 11 is 0. The van der Waals surface area contributed by atoms with Crippen LogP contribution in [-0.2, 0) is 32.8 Å². The molecule has 0 aliphatic carbocycles. The maximum Gasteiger partial charge on any atom is 0.301 e. The number of hydrogen-bond acceptors (Lipinski definition) is 10. The Morgan fingerprint density at radius 1 is 0.953 bits per heavy atom. The molecule has 4 aliphatic rings. The first-order valence-electron chi connectivity index (χ1n) is 21.2. The number of fused-ring (bicyclic) bond motifs is 2. The number of hydrogen-bond donors (Lipinski definition) is 4. The Kier molecular flexibility index (Phi) is 11.7. The van der Waals surface area contributed by atoms with E-state index < -0.39 is 69.6 Å². The summed E-state index contributed by atoms with van der Waals surface area (Å²) in [4.78, 5) is 64.1. The van der Waals surface area contributed by atoms with E-state index in [1.54, 1.807) is 18.3 Å². The number of nitrogens with one attached hydrogen (secondary N) is 3. The van der Waals surface area contributed by atoms with E-state index in [4.69, 9.17) is 0 Å². The predicted octanol–water partition coefficient (Wildman–Crippen LogP) is 4.32. The van der Waals surface area contributed by atoms with Crippen LogP contribution in [0.15, 0.2) is 73.1 Å². The van der Waals surface area contributed by atoms with Crippen LogP contribution in [0.3, 0.4) is 0 Å². The Labute approximate surface area is 366 Å². The molecule has 334 valence electrons. The molecule has 1 unspecified atom stereocenters. The van der Waals surface area contributed by atoms with Crippen molar-refractivity contribution in [3.05, 3.63) is 113 Å². The van der Waals surface area contributed by atoms with Crippen LogP contribution in [0.2, 0.25) is 0 Å². The van der Waals surface area contributed by atoms with Crippen molar-refractivity contribution in [1.29, 1.82) is 0 Å². The maximum absolute atomic E-state index is 15.7. The van der Waals surface area contributed by atoms with Crippen LogP contribution in [0.1, 0.15) is 63.1 Å². The third kappa shape index (κ3) is 8.59. The molecular weight excluding hydrogens is 854 g/mol. The van der Waals surface area contributed by atoms with Gasteiger partial charge < -0.3 is 19.9 Å². The summed E-state index contributed by atoms with van der Waals surface area (Å²) in [6.07, 6.45) is 2.66. The molecule has 6 heterocycles. The Hall–Kier alpha value is -6.15. The van der Waals surface area contributed by atoms with Gasteiger partial charge in [-0.05, 0) is 78.8 Å². The Balaban J connectivity index is 0.789. The van der Waals surface area contributed by atoms with Crippen molar-refractivity contribution >= 4 is 56.1 Å². The SMILES string of the molecule is O=C1CCC(N2Cc3cc(CC[C@H](O)CN4CCN(c5ccc(-c6cnc7[nH]cc(C(=O)c8c(F)ccc(NS(=O)(=O)N9CC[C@@H](F)C9)c8F)c7c6)cc5)CC4)ccc3C2=O)C(=O)N1. The number of piperidine rings is 1. The number of carbonyl (C=O) groups excluding carboxylic acids is 4. The summed E-state index contributed by atoms with van der Waals surface area (Å²) in [5.74, 6) is -4.59. The highest BCUT2D eigenvalue weighted by atomic mass is 32.2. The second-order valence-corrected chi connectivity index (χ2v) is 18.4. The third-order valence-corrected chi connectivity index (χ3v) is 14.0. The number of aromatic nitrogens is 2. The van der Waals surface area contributed by atoms with E-state index in [1.807, 2.05) is 41.1 Å². The van der Waals surface area contributed by atoms with Gasteiger partial charge in [0, 0.05) is 98.9 Å². The summed E-state index contributed by atoms with van der Waals surface area (Å²) < 4.78 is 73.0. The largest absolute Gasteiger partial charge is 0.392 e. The molecule has 2 aromatic heterocycles. The quantitative estimate of drug-likeness (QED) is 0.0980. The first-order chi connectivity index (χ1) is 30.7. The van der Waals surface area contributed by atoms with Gasteiger partial charge in [0.1, 0.15) is 23.7 Å². The third-order valence-electron chi connectivity index (χ3n) is 12.5. The van der Waals surface area contributed by atoms with Crippen LogP contribution in [0, 0.1) is 11.6 Å². The summed E-state index contributed by atoms with van der Waals surface area (Å²) in [5, 5.41) is 13.6. The Bertz CT molecular complexity index is 2780. The van der Waals surface area contributed by atoms with Crippen LogP contribution in [0.5, 0.6) is 0 Å². The number of benzene rings is 3. The number of carbonyl (C=O) groups is 4. The van der Waals surface area contributed by atoms with Crippen LogP contribution in [-0.4, -0.2) is 125 Å². The van der Waals surface area contributed by atoms with Crippen LogP contribution < -0.4 is 14.9 Å². The Morgan fingerprint density at radius 2 is 1.73 bits per heavy atom. The summed E-state index contributed by atoms with van der Waals surface area (Å²) in [6.45, 7) is 3.29. The molecule has 4 aliphatic heterocycles. The molecule has 0 bridgehead atoms. The van der Waals surface area contributed by atoms with Crippen LogP contribution in [0.25, 0.3) is 22.2 Å². The van der Waals surface area contributed by atoms with Crippen molar-refractivity contribution in [1.82, 2.24) is 29.4 Å². The number of amides is 3. The van der Waals surface area contributed by atoms with Gasteiger partial charge in [0.2, 0.25) is 17.6 Å². The molecular formula is C45H45F3N8O7S. The van der Waals surface area contributed by atoms with Crippen molar-refractivity contribution in [2.45, 2.75) is 57.0 Å². The summed E-state index contributed by atoms with van der Waals surface area (Å²) in [5.41, 5.74) is 3.47. The van der Waals surface area contributed by atoms with E-state index in [0.29, 0.717) is 54.5 Å². The first kappa shape index (κ1) is 43.1. The molecule has 3 aromatic carbocycles. The normalized spacial score (nSPS) is 20.2. The van der Waals surface area contributed by atoms with Gasteiger partial charge in [-0.1, -0.05) is 24.3 Å². The number of piperazine rings is 1. The number of pyridine rings is 1. The van der Waals surface area contributed by atoms with Crippen molar-refractivity contribution in [3.8, 4) is 11.1 Å². The lowest BCUT2D eigenvalue weighted by Gasteiger charge is -2.37. The monoisotopic (exact) mass is 898 g/mol. The van der Waals surface area contributed by atoms with Crippen molar-refractivity contribution in [3.63, 3.8) is 0 Å². The van der Waals surface area contributed by atoms with Gasteiger partial charge in [-0.25, -0.2) is 18.2 Å². The van der Waals surface area contributed by atoms with E-state index >= 15 is 8.78 Å². The molecule has 4 N–H and O–H groups in total. The molecule has 3 saturated heterocycles. The fourth-order valence-electron chi connectivity index (χ4n) is 8.99. The van der Waals surface area contributed by atoms with E-state index in [1.165, 1.54) is 11.1 Å². The topological polar surface area (TPSA) is 188 Å². The average molecular weight is 899 g/mol. The van der Waals surface area contributed by atoms with Gasteiger partial charge in [0.15, 0.2) is 5.82 Å². The number of anilines is 2. The molecule has 9 rings (SSSR count). The molecule has 3 fully saturated rings. The van der Waals surface area contributed by atoms with Gasteiger partial charge in [-0.15, -0.1) is 0 Å². The Morgan fingerprint density at radius 3 is 2.47 bits per heavy atom. The molecule has 0 radical (unpaired) electrons. The molecule has 0 spiro atoms. The molecule has 0 saturated carbocycles. The lowest BCUT2D eigenvalue weighted by molar-refractivity contribution is -0.136. The summed E-state index contributed by atoms with van der Waals surface area (Å²) in [6, 6.07) is 16.1. The molecule has 15 nitrogen and oxygen atoms in total. The molecule has 19 heteroatoms. The van der Waals surface area contributed by atoms with Crippen LogP contribution >= 0.6 is 0 Å². The average Bonchev–Trinajstić information content (AvgIpc) is 4.01. The zero-order chi connectivity index (χ0) is 44.9. The number of alkyl halides is 1. The lowest BCUT2D eigenvalue weighted by atomic mass is 9.99. The molecule has 64 heavy (non-hydrogen) atoms. The number of imide groups is 1. The van der Waals surface area contributed by atoms with E-state index in [-0.39, 0.29) is 36.8 Å². The first-order valence-corrected chi connectivity index (χ1v) is 22.6. The number of halogens is 3. The molecule has 3 atom stereocenters. The number of nitrogens with zero attached hydrogens (tertiary/aromatic N) is 5. The zero-order valence-corrected chi connectivity index (χ0v) is 35.3. The number of β-amino-alcohol motifs (C(OH)–C–C–N with tert-alkyl or cyclic N) is 1. The lowest BCUT2D eigenvalue weighted by Crippen LogP contribution is -2.52. The molecule has 3 amide bonds. The fourth-order valence-corrected chi connectivity index (χ4v) is 10.3. The minimum absolute atomic E-state index is 0.00482.